The molecule has 4 heteroatoms. The molecule has 0 radical (unpaired) electrons. The van der Waals surface area contributed by atoms with Crippen LogP contribution in [0.3, 0.4) is 0 Å². The number of carbonyl (C=O) groups excluding carboxylic acids is 2. The summed E-state index contributed by atoms with van der Waals surface area (Å²) in [4.78, 5) is 24.4. The Morgan fingerprint density at radius 1 is 1.18 bits per heavy atom. The normalized spacial score (nSPS) is 16.9. The first-order chi connectivity index (χ1) is 10.5. The zero-order valence-electron chi connectivity index (χ0n) is 13.6. The molecule has 1 amide bonds. The van der Waals surface area contributed by atoms with Crippen LogP contribution in [0.15, 0.2) is 18.2 Å². The second-order valence-corrected chi connectivity index (χ2v) is 6.21. The maximum Gasteiger partial charge on any atom is 0.339 e. The Labute approximate surface area is 132 Å². The molecule has 1 aliphatic rings. The minimum absolute atomic E-state index is 0.203. The minimum atomic E-state index is -0.769. The minimum Gasteiger partial charge on any atom is -0.449 e. The molecule has 1 atom stereocenters. The summed E-state index contributed by atoms with van der Waals surface area (Å²) in [7, 11) is 0. The molecule has 1 aromatic carbocycles. The molecule has 1 aliphatic carbocycles. The predicted octanol–water partition coefficient (Wildman–Crippen LogP) is 3.30. The van der Waals surface area contributed by atoms with Crippen molar-refractivity contribution in [1.29, 1.82) is 0 Å². The molecular weight excluding hydrogens is 278 g/mol. The summed E-state index contributed by atoms with van der Waals surface area (Å²) in [5.41, 5.74) is 2.38. The van der Waals surface area contributed by atoms with Crippen molar-refractivity contribution >= 4 is 11.9 Å². The molecule has 22 heavy (non-hydrogen) atoms. The second kappa shape index (κ2) is 7.43. The van der Waals surface area contributed by atoms with Crippen LogP contribution in [-0.4, -0.2) is 24.0 Å². The second-order valence-electron chi connectivity index (χ2n) is 6.21. The van der Waals surface area contributed by atoms with Gasteiger partial charge in [0.15, 0.2) is 6.10 Å². The topological polar surface area (TPSA) is 55.4 Å². The van der Waals surface area contributed by atoms with Crippen molar-refractivity contribution in [3.63, 3.8) is 0 Å². The number of nitrogens with one attached hydrogen (secondary N) is 1. The Kier molecular flexibility index (Phi) is 5.58. The Morgan fingerprint density at radius 3 is 2.55 bits per heavy atom. The summed E-state index contributed by atoms with van der Waals surface area (Å²) < 4.78 is 5.32. The number of hydrogen-bond donors (Lipinski definition) is 1. The fourth-order valence-corrected chi connectivity index (χ4v) is 2.80. The van der Waals surface area contributed by atoms with Crippen molar-refractivity contribution < 1.29 is 14.3 Å². The smallest absolute Gasteiger partial charge is 0.339 e. The Hall–Kier alpha value is -1.84. The molecule has 1 N–H and O–H groups in total. The van der Waals surface area contributed by atoms with Gasteiger partial charge >= 0.3 is 5.97 Å². The summed E-state index contributed by atoms with van der Waals surface area (Å²) in [5.74, 6) is -0.641. The van der Waals surface area contributed by atoms with Crippen LogP contribution >= 0.6 is 0 Å². The van der Waals surface area contributed by atoms with Crippen molar-refractivity contribution in [3.8, 4) is 0 Å². The number of rotatable bonds is 4. The summed E-state index contributed by atoms with van der Waals surface area (Å²) in [6.45, 7) is 5.42. The number of esters is 1. The molecule has 1 fully saturated rings. The van der Waals surface area contributed by atoms with Gasteiger partial charge < -0.3 is 10.1 Å². The van der Waals surface area contributed by atoms with Crippen LogP contribution in [-0.2, 0) is 9.53 Å². The van der Waals surface area contributed by atoms with E-state index in [0.29, 0.717) is 5.56 Å². The summed E-state index contributed by atoms with van der Waals surface area (Å²) in [6, 6.07) is 5.86. The Bertz CT molecular complexity index is 547. The fraction of sp³-hybridized carbons (Fsp3) is 0.556. The lowest BCUT2D eigenvalue weighted by molar-refractivity contribution is -0.130. The zero-order valence-corrected chi connectivity index (χ0v) is 13.6. The summed E-state index contributed by atoms with van der Waals surface area (Å²) >= 11 is 0. The average molecular weight is 303 g/mol. The van der Waals surface area contributed by atoms with E-state index in [2.05, 4.69) is 5.32 Å². The van der Waals surface area contributed by atoms with Crippen LogP contribution in [0.25, 0.3) is 0 Å². The molecule has 1 saturated carbocycles. The van der Waals surface area contributed by atoms with Crippen molar-refractivity contribution in [2.75, 3.05) is 0 Å². The highest BCUT2D eigenvalue weighted by atomic mass is 16.5. The van der Waals surface area contributed by atoms with Crippen LogP contribution < -0.4 is 5.32 Å². The lowest BCUT2D eigenvalue weighted by Gasteiger charge is -2.24. The fourth-order valence-electron chi connectivity index (χ4n) is 2.80. The van der Waals surface area contributed by atoms with E-state index in [1.165, 1.54) is 6.42 Å². The van der Waals surface area contributed by atoms with E-state index >= 15 is 0 Å². The molecule has 0 spiro atoms. The number of aryl methyl sites for hydroxylation is 2. The van der Waals surface area contributed by atoms with Gasteiger partial charge in [-0.2, -0.15) is 0 Å². The largest absolute Gasteiger partial charge is 0.449 e. The molecule has 0 aliphatic heterocycles. The van der Waals surface area contributed by atoms with E-state index in [-0.39, 0.29) is 11.9 Å². The van der Waals surface area contributed by atoms with Crippen LogP contribution in [0.2, 0.25) is 0 Å². The first-order valence-corrected chi connectivity index (χ1v) is 8.06. The quantitative estimate of drug-likeness (QED) is 0.868. The third-order valence-electron chi connectivity index (χ3n) is 4.22. The molecule has 0 unspecified atom stereocenters. The van der Waals surface area contributed by atoms with Crippen LogP contribution in [0.1, 0.15) is 60.5 Å². The SMILES string of the molecule is Cc1ccc(C)c(C(=O)O[C@@H](C)C(=O)NC2CCCCC2)c1. The lowest BCUT2D eigenvalue weighted by Crippen LogP contribution is -2.42. The lowest BCUT2D eigenvalue weighted by atomic mass is 9.95. The van der Waals surface area contributed by atoms with Gasteiger partial charge in [-0.25, -0.2) is 4.79 Å². The van der Waals surface area contributed by atoms with Gasteiger partial charge in [0, 0.05) is 6.04 Å². The van der Waals surface area contributed by atoms with E-state index in [9.17, 15) is 9.59 Å². The number of hydrogen-bond acceptors (Lipinski definition) is 3. The van der Waals surface area contributed by atoms with Gasteiger partial charge in [-0.05, 0) is 45.2 Å². The number of benzene rings is 1. The van der Waals surface area contributed by atoms with Crippen molar-refractivity contribution in [1.82, 2.24) is 5.32 Å². The van der Waals surface area contributed by atoms with Crippen molar-refractivity contribution in [2.45, 2.75) is 65.0 Å². The summed E-state index contributed by atoms with van der Waals surface area (Å²) in [6.07, 6.45) is 4.81. The van der Waals surface area contributed by atoms with Gasteiger partial charge in [-0.3, -0.25) is 4.79 Å². The van der Waals surface area contributed by atoms with Gasteiger partial charge in [-0.15, -0.1) is 0 Å². The van der Waals surface area contributed by atoms with E-state index < -0.39 is 12.1 Å². The maximum atomic E-state index is 12.2. The maximum absolute atomic E-state index is 12.2. The zero-order chi connectivity index (χ0) is 16.1. The Balaban J connectivity index is 1.92. The first kappa shape index (κ1) is 16.5. The number of ether oxygens (including phenoxy) is 1. The highest BCUT2D eigenvalue weighted by Gasteiger charge is 2.23. The molecule has 4 nitrogen and oxygen atoms in total. The average Bonchev–Trinajstić information content (AvgIpc) is 2.50. The van der Waals surface area contributed by atoms with Crippen LogP contribution in [0.5, 0.6) is 0 Å². The van der Waals surface area contributed by atoms with E-state index in [0.717, 1.165) is 36.8 Å². The van der Waals surface area contributed by atoms with Crippen molar-refractivity contribution in [3.05, 3.63) is 34.9 Å². The van der Waals surface area contributed by atoms with E-state index in [4.69, 9.17) is 4.74 Å². The van der Waals surface area contributed by atoms with Gasteiger partial charge in [-0.1, -0.05) is 37.0 Å². The van der Waals surface area contributed by atoms with E-state index in [1.807, 2.05) is 26.0 Å². The summed E-state index contributed by atoms with van der Waals surface area (Å²) in [5, 5.41) is 2.99. The van der Waals surface area contributed by atoms with E-state index in [1.54, 1.807) is 13.0 Å². The molecule has 0 aromatic heterocycles. The molecule has 2 rings (SSSR count). The Morgan fingerprint density at radius 2 is 1.86 bits per heavy atom. The molecule has 1 aromatic rings. The van der Waals surface area contributed by atoms with Crippen LogP contribution in [0.4, 0.5) is 0 Å². The third kappa shape index (κ3) is 4.33. The molecule has 0 heterocycles. The monoisotopic (exact) mass is 303 g/mol. The van der Waals surface area contributed by atoms with Gasteiger partial charge in [0.05, 0.1) is 5.56 Å². The van der Waals surface area contributed by atoms with Gasteiger partial charge in [0.25, 0.3) is 5.91 Å². The van der Waals surface area contributed by atoms with Crippen molar-refractivity contribution in [2.24, 2.45) is 0 Å². The molecule has 120 valence electrons. The highest BCUT2D eigenvalue weighted by Crippen LogP contribution is 2.18. The highest BCUT2D eigenvalue weighted by molar-refractivity contribution is 5.93. The molecular formula is C18H25NO3. The number of carbonyl (C=O) groups is 2. The molecule has 0 saturated heterocycles. The van der Waals surface area contributed by atoms with Crippen LogP contribution in [0, 0.1) is 13.8 Å². The predicted molar refractivity (Wildman–Crippen MR) is 85.8 cm³/mol. The first-order valence-electron chi connectivity index (χ1n) is 8.06. The van der Waals surface area contributed by atoms with Gasteiger partial charge in [0.1, 0.15) is 0 Å². The molecule has 0 bridgehead atoms. The third-order valence-corrected chi connectivity index (χ3v) is 4.22. The standard InChI is InChI=1S/C18H25NO3/c1-12-9-10-13(2)16(11-12)18(21)22-14(3)17(20)19-15-7-5-4-6-8-15/h9-11,14-15H,4-8H2,1-3H3,(H,19,20)/t14-/m0/s1. The number of amides is 1. The van der Waals surface area contributed by atoms with Gasteiger partial charge in [0.2, 0.25) is 0 Å².